The summed E-state index contributed by atoms with van der Waals surface area (Å²) in [5, 5.41) is 4.89. The third-order valence-electron chi connectivity index (χ3n) is 4.73. The second-order valence-corrected chi connectivity index (χ2v) is 6.34. The first-order valence-electron chi connectivity index (χ1n) is 8.66. The molecule has 4 rings (SSSR count). The molecule has 1 saturated heterocycles. The van der Waals surface area contributed by atoms with Gasteiger partial charge in [-0.3, -0.25) is 4.90 Å². The maximum absolute atomic E-state index is 14.4. The van der Waals surface area contributed by atoms with Crippen LogP contribution >= 0.6 is 0 Å². The number of aryl methyl sites for hydroxylation is 1. The van der Waals surface area contributed by atoms with Crippen molar-refractivity contribution in [2.24, 2.45) is 0 Å². The summed E-state index contributed by atoms with van der Waals surface area (Å²) in [4.78, 5) is 12.3. The molecule has 0 radical (unpaired) electrons. The number of anilines is 1. The van der Waals surface area contributed by atoms with Crippen molar-refractivity contribution < 1.29 is 13.3 Å². The molecule has 8 heteroatoms. The Labute approximate surface area is 149 Å². The van der Waals surface area contributed by atoms with Crippen LogP contribution < -0.4 is 4.90 Å². The lowest BCUT2D eigenvalue weighted by molar-refractivity contribution is 0.242. The summed E-state index contributed by atoms with van der Waals surface area (Å²) in [6, 6.07) is 4.44. The van der Waals surface area contributed by atoms with Crippen molar-refractivity contribution in [1.82, 2.24) is 20.0 Å². The number of nitrogens with zero attached hydrogens (tertiary/aromatic N) is 5. The zero-order valence-electron chi connectivity index (χ0n) is 14.5. The van der Waals surface area contributed by atoms with Gasteiger partial charge in [-0.1, -0.05) is 12.1 Å². The van der Waals surface area contributed by atoms with E-state index in [1.165, 1.54) is 18.5 Å². The molecule has 2 aromatic heterocycles. The van der Waals surface area contributed by atoms with Gasteiger partial charge in [-0.15, -0.1) is 0 Å². The maximum atomic E-state index is 14.4. The largest absolute Gasteiger partial charge is 0.356 e. The van der Waals surface area contributed by atoms with Gasteiger partial charge < -0.3 is 9.42 Å². The molecule has 6 nitrogen and oxygen atoms in total. The van der Waals surface area contributed by atoms with Gasteiger partial charge in [0.05, 0.1) is 5.69 Å². The Hall–Kier alpha value is -2.61. The number of halogens is 2. The summed E-state index contributed by atoms with van der Waals surface area (Å²) >= 11 is 0. The van der Waals surface area contributed by atoms with Crippen LogP contribution in [0.2, 0.25) is 0 Å². The topological polar surface area (TPSA) is 58.3 Å². The van der Waals surface area contributed by atoms with E-state index in [0.29, 0.717) is 43.1 Å². The predicted octanol–water partition coefficient (Wildman–Crippen LogP) is 2.78. The molecule has 0 saturated carbocycles. The monoisotopic (exact) mass is 359 g/mol. The zero-order valence-corrected chi connectivity index (χ0v) is 14.5. The first kappa shape index (κ1) is 16.8. The minimum absolute atomic E-state index is 0.326. The van der Waals surface area contributed by atoms with E-state index in [-0.39, 0.29) is 11.6 Å². The summed E-state index contributed by atoms with van der Waals surface area (Å²) < 4.78 is 32.9. The molecule has 0 aliphatic carbocycles. The summed E-state index contributed by atoms with van der Waals surface area (Å²) in [6.07, 6.45) is 1.96. The van der Waals surface area contributed by atoms with Gasteiger partial charge in [0.15, 0.2) is 17.2 Å². The van der Waals surface area contributed by atoms with E-state index in [4.69, 9.17) is 4.52 Å². The van der Waals surface area contributed by atoms with Gasteiger partial charge in [-0.25, -0.2) is 18.7 Å². The van der Waals surface area contributed by atoms with E-state index in [1.807, 2.05) is 11.8 Å². The standard InChI is InChI=1S/C18H19F2N5O/c1-2-14-17(20)18(22-11-21-14)25-7-5-24(6-8-25)10-15-13-4-3-12(19)9-16(13)26-23-15/h3-4,9,11H,2,5-8,10H2,1H3. The first-order chi connectivity index (χ1) is 12.7. The van der Waals surface area contributed by atoms with E-state index in [0.717, 1.165) is 24.2 Å². The highest BCUT2D eigenvalue weighted by Gasteiger charge is 2.23. The van der Waals surface area contributed by atoms with E-state index in [1.54, 1.807) is 6.07 Å². The molecule has 0 bridgehead atoms. The van der Waals surface area contributed by atoms with Crippen LogP contribution in [-0.2, 0) is 13.0 Å². The van der Waals surface area contributed by atoms with E-state index in [9.17, 15) is 8.78 Å². The van der Waals surface area contributed by atoms with Gasteiger partial charge in [0, 0.05) is 44.2 Å². The number of rotatable bonds is 4. The first-order valence-corrected chi connectivity index (χ1v) is 8.66. The van der Waals surface area contributed by atoms with Gasteiger partial charge in [0.2, 0.25) is 0 Å². The van der Waals surface area contributed by atoms with Crippen LogP contribution in [0.1, 0.15) is 18.3 Å². The lowest BCUT2D eigenvalue weighted by Gasteiger charge is -2.35. The molecule has 3 aromatic rings. The average molecular weight is 359 g/mol. The molecule has 0 amide bonds. The molecule has 1 aliphatic heterocycles. The van der Waals surface area contributed by atoms with Crippen molar-refractivity contribution in [2.75, 3.05) is 31.1 Å². The molecule has 1 aromatic carbocycles. The highest BCUT2D eigenvalue weighted by atomic mass is 19.1. The van der Waals surface area contributed by atoms with Gasteiger partial charge in [0.25, 0.3) is 0 Å². The fourth-order valence-electron chi connectivity index (χ4n) is 3.27. The predicted molar refractivity (Wildman–Crippen MR) is 92.8 cm³/mol. The summed E-state index contributed by atoms with van der Waals surface area (Å²) in [6.45, 7) is 5.32. The molecule has 0 atom stereocenters. The number of fused-ring (bicyclic) bond motifs is 1. The molecule has 1 aliphatic rings. The Kier molecular flexibility index (Phi) is 4.50. The zero-order chi connectivity index (χ0) is 18.1. The smallest absolute Gasteiger partial charge is 0.187 e. The summed E-state index contributed by atoms with van der Waals surface area (Å²) in [5.41, 5.74) is 1.68. The fourth-order valence-corrected chi connectivity index (χ4v) is 3.27. The van der Waals surface area contributed by atoms with E-state index < -0.39 is 0 Å². The Balaban J connectivity index is 1.44. The van der Waals surface area contributed by atoms with Gasteiger partial charge in [-0.2, -0.15) is 0 Å². The van der Waals surface area contributed by atoms with E-state index >= 15 is 0 Å². The molecule has 1 fully saturated rings. The Bertz CT molecular complexity index is 921. The molecular weight excluding hydrogens is 340 g/mol. The highest BCUT2D eigenvalue weighted by molar-refractivity contribution is 5.79. The lowest BCUT2D eigenvalue weighted by atomic mass is 10.2. The molecule has 136 valence electrons. The average Bonchev–Trinajstić information content (AvgIpc) is 3.04. The normalized spacial score (nSPS) is 15.7. The number of hydrogen-bond donors (Lipinski definition) is 0. The SMILES string of the molecule is CCc1ncnc(N2CCN(Cc3noc4cc(F)ccc34)CC2)c1F. The van der Waals surface area contributed by atoms with Crippen molar-refractivity contribution in [3.8, 4) is 0 Å². The van der Waals surface area contributed by atoms with Crippen LogP contribution in [0, 0.1) is 11.6 Å². The van der Waals surface area contributed by atoms with Gasteiger partial charge in [0.1, 0.15) is 17.8 Å². The molecule has 0 N–H and O–H groups in total. The van der Waals surface area contributed by atoms with Crippen LogP contribution in [0.3, 0.4) is 0 Å². The summed E-state index contributed by atoms with van der Waals surface area (Å²) in [5.74, 6) is -0.293. The van der Waals surface area contributed by atoms with Crippen molar-refractivity contribution >= 4 is 16.8 Å². The van der Waals surface area contributed by atoms with Crippen LogP contribution in [0.15, 0.2) is 29.0 Å². The Morgan fingerprint density at radius 2 is 1.88 bits per heavy atom. The van der Waals surface area contributed by atoms with Crippen molar-refractivity contribution in [2.45, 2.75) is 19.9 Å². The molecule has 0 spiro atoms. The summed E-state index contributed by atoms with van der Waals surface area (Å²) in [7, 11) is 0. The van der Waals surface area contributed by atoms with Crippen LogP contribution in [0.25, 0.3) is 11.0 Å². The van der Waals surface area contributed by atoms with Crippen LogP contribution in [-0.4, -0.2) is 46.2 Å². The van der Waals surface area contributed by atoms with Crippen LogP contribution in [0.4, 0.5) is 14.6 Å². The van der Waals surface area contributed by atoms with Crippen molar-refractivity contribution in [3.05, 3.63) is 47.5 Å². The number of aromatic nitrogens is 3. The highest BCUT2D eigenvalue weighted by Crippen LogP contribution is 2.23. The minimum atomic E-state index is -0.341. The lowest BCUT2D eigenvalue weighted by Crippen LogP contribution is -2.46. The minimum Gasteiger partial charge on any atom is -0.356 e. The third kappa shape index (κ3) is 3.12. The second kappa shape index (κ2) is 6.95. The molecule has 26 heavy (non-hydrogen) atoms. The number of piperazine rings is 1. The third-order valence-corrected chi connectivity index (χ3v) is 4.73. The van der Waals surface area contributed by atoms with E-state index in [2.05, 4.69) is 20.0 Å². The van der Waals surface area contributed by atoms with Gasteiger partial charge in [-0.05, 0) is 18.6 Å². The van der Waals surface area contributed by atoms with Crippen molar-refractivity contribution in [3.63, 3.8) is 0 Å². The molecule has 3 heterocycles. The second-order valence-electron chi connectivity index (χ2n) is 6.34. The number of benzene rings is 1. The maximum Gasteiger partial charge on any atom is 0.187 e. The van der Waals surface area contributed by atoms with Crippen LogP contribution in [0.5, 0.6) is 0 Å². The quantitative estimate of drug-likeness (QED) is 0.714. The Morgan fingerprint density at radius 3 is 2.65 bits per heavy atom. The molecule has 0 unspecified atom stereocenters. The Morgan fingerprint density at radius 1 is 1.08 bits per heavy atom. The van der Waals surface area contributed by atoms with Gasteiger partial charge >= 0.3 is 0 Å². The van der Waals surface area contributed by atoms with Crippen molar-refractivity contribution in [1.29, 1.82) is 0 Å². The number of hydrogen-bond acceptors (Lipinski definition) is 6. The fraction of sp³-hybridized carbons (Fsp3) is 0.389. The molecular formula is C18H19F2N5O.